The van der Waals surface area contributed by atoms with E-state index >= 15 is 0 Å². The lowest BCUT2D eigenvalue weighted by Gasteiger charge is -2.25. The molecule has 1 atom stereocenters. The van der Waals surface area contributed by atoms with Crippen LogP contribution in [0.1, 0.15) is 5.56 Å². The summed E-state index contributed by atoms with van der Waals surface area (Å²) < 4.78 is 16.6. The molecule has 0 aliphatic carbocycles. The van der Waals surface area contributed by atoms with Crippen molar-refractivity contribution >= 4 is 29.5 Å². The number of rotatable bonds is 2. The van der Waals surface area contributed by atoms with E-state index in [1.165, 1.54) is 0 Å². The third kappa shape index (κ3) is 3.68. The van der Waals surface area contributed by atoms with Gasteiger partial charge in [0.05, 0.1) is 5.57 Å². The molecule has 2 heterocycles. The smallest absolute Gasteiger partial charge is 0.283 e. The van der Waals surface area contributed by atoms with E-state index in [1.807, 2.05) is 6.07 Å². The molecule has 0 saturated heterocycles. The second kappa shape index (κ2) is 7.20. The molecular weight excluding hydrogens is 372 g/mol. The zero-order chi connectivity index (χ0) is 18.8. The first-order chi connectivity index (χ1) is 13.1. The van der Waals surface area contributed by atoms with Gasteiger partial charge in [-0.2, -0.15) is 0 Å². The number of carbonyl (C=O) groups excluding carboxylic acids is 2. The molecule has 1 unspecified atom stereocenters. The van der Waals surface area contributed by atoms with Gasteiger partial charge in [-0.1, -0.05) is 23.7 Å². The summed E-state index contributed by atoms with van der Waals surface area (Å²) >= 11 is 5.96. The van der Waals surface area contributed by atoms with Gasteiger partial charge >= 0.3 is 0 Å². The average molecular weight is 387 g/mol. The molecule has 138 valence electrons. The van der Waals surface area contributed by atoms with Gasteiger partial charge in [0.15, 0.2) is 11.5 Å². The van der Waals surface area contributed by atoms with E-state index in [1.54, 1.807) is 42.5 Å². The predicted octanol–water partition coefficient (Wildman–Crippen LogP) is 2.10. The van der Waals surface area contributed by atoms with Crippen LogP contribution >= 0.6 is 11.6 Å². The number of carbonyl (C=O) groups is 2. The van der Waals surface area contributed by atoms with Gasteiger partial charge in [0.2, 0.25) is 6.10 Å². The normalized spacial score (nSPS) is 17.1. The molecule has 0 radical (unpaired) electrons. The van der Waals surface area contributed by atoms with Crippen molar-refractivity contribution in [3.63, 3.8) is 0 Å². The third-order valence-corrected chi connectivity index (χ3v) is 4.31. The Balaban J connectivity index is 1.36. The molecule has 27 heavy (non-hydrogen) atoms. The largest absolute Gasteiger partial charge is 0.488 e. The highest BCUT2D eigenvalue weighted by Gasteiger charge is 2.28. The Hall–Kier alpha value is -3.19. The molecule has 4 rings (SSSR count). The standard InChI is InChI=1S/C19H15ClN2O5/c20-13-5-6-14-11(8-13)7-12(9-25-14)18(23)21-22-19(24)17-10-26-15-3-1-2-4-16(15)27-17/h1-8,17H,9-10H2,(H,21,23)(H,22,24). The number of ether oxygens (including phenoxy) is 3. The number of fused-ring (bicyclic) bond motifs is 2. The summed E-state index contributed by atoms with van der Waals surface area (Å²) in [6.45, 7) is 0.142. The zero-order valence-electron chi connectivity index (χ0n) is 14.0. The molecule has 0 fully saturated rings. The summed E-state index contributed by atoms with van der Waals surface area (Å²) in [5, 5.41) is 0.540. The Bertz CT molecular complexity index is 943. The molecule has 2 aromatic rings. The second-order valence-corrected chi connectivity index (χ2v) is 6.38. The van der Waals surface area contributed by atoms with Gasteiger partial charge in [-0.25, -0.2) is 0 Å². The maximum Gasteiger partial charge on any atom is 0.283 e. The van der Waals surface area contributed by atoms with Gasteiger partial charge in [-0.15, -0.1) is 0 Å². The summed E-state index contributed by atoms with van der Waals surface area (Å²) in [5.41, 5.74) is 5.77. The van der Waals surface area contributed by atoms with Gasteiger partial charge in [-0.05, 0) is 36.4 Å². The number of hydrazine groups is 1. The van der Waals surface area contributed by atoms with Crippen LogP contribution in [0.5, 0.6) is 17.2 Å². The third-order valence-electron chi connectivity index (χ3n) is 4.08. The summed E-state index contributed by atoms with van der Waals surface area (Å²) in [6.07, 6.45) is 0.805. The van der Waals surface area contributed by atoms with E-state index in [0.29, 0.717) is 33.4 Å². The number of para-hydroxylation sites is 2. The van der Waals surface area contributed by atoms with Crippen molar-refractivity contribution < 1.29 is 23.8 Å². The van der Waals surface area contributed by atoms with Crippen molar-refractivity contribution in [1.82, 2.24) is 10.9 Å². The molecule has 0 saturated carbocycles. The first-order valence-electron chi connectivity index (χ1n) is 8.22. The number of benzene rings is 2. The van der Waals surface area contributed by atoms with E-state index in [-0.39, 0.29) is 13.2 Å². The number of halogens is 1. The fourth-order valence-corrected chi connectivity index (χ4v) is 2.89. The van der Waals surface area contributed by atoms with Gasteiger partial charge in [0.1, 0.15) is 19.0 Å². The second-order valence-electron chi connectivity index (χ2n) is 5.95. The number of hydrogen-bond acceptors (Lipinski definition) is 5. The maximum absolute atomic E-state index is 12.3. The molecule has 7 nitrogen and oxygen atoms in total. The minimum Gasteiger partial charge on any atom is -0.488 e. The molecule has 2 aromatic carbocycles. The van der Waals surface area contributed by atoms with E-state index in [4.69, 9.17) is 25.8 Å². The summed E-state index contributed by atoms with van der Waals surface area (Å²) in [4.78, 5) is 24.5. The summed E-state index contributed by atoms with van der Waals surface area (Å²) in [5.74, 6) is 0.704. The highest BCUT2D eigenvalue weighted by Crippen LogP contribution is 2.31. The SMILES string of the molecule is O=C(NNC(=O)C1COc2ccccc2O1)C1=Cc2cc(Cl)ccc2OC1. The van der Waals surface area contributed by atoms with Crippen LogP contribution in [-0.4, -0.2) is 31.1 Å². The molecule has 0 aromatic heterocycles. The van der Waals surface area contributed by atoms with Crippen LogP contribution in [0.15, 0.2) is 48.0 Å². The molecule has 0 bridgehead atoms. The summed E-state index contributed by atoms with van der Waals surface area (Å²) in [6, 6.07) is 12.2. The molecule has 2 N–H and O–H groups in total. The van der Waals surface area contributed by atoms with Crippen molar-refractivity contribution in [3.05, 3.63) is 58.6 Å². The van der Waals surface area contributed by atoms with E-state index < -0.39 is 17.9 Å². The number of amides is 2. The van der Waals surface area contributed by atoms with Crippen molar-refractivity contribution in [2.24, 2.45) is 0 Å². The van der Waals surface area contributed by atoms with Gasteiger partial charge in [-0.3, -0.25) is 20.4 Å². The number of hydrogen-bond donors (Lipinski definition) is 2. The minimum atomic E-state index is -0.865. The first-order valence-corrected chi connectivity index (χ1v) is 8.59. The van der Waals surface area contributed by atoms with Crippen molar-refractivity contribution in [1.29, 1.82) is 0 Å². The Morgan fingerprint density at radius 1 is 1.00 bits per heavy atom. The minimum absolute atomic E-state index is 0.0520. The van der Waals surface area contributed by atoms with E-state index in [0.717, 1.165) is 0 Å². The quantitative estimate of drug-likeness (QED) is 0.772. The fourth-order valence-electron chi connectivity index (χ4n) is 2.71. The van der Waals surface area contributed by atoms with Gasteiger partial charge in [0, 0.05) is 10.6 Å². The van der Waals surface area contributed by atoms with Crippen LogP contribution in [0.25, 0.3) is 6.08 Å². The summed E-state index contributed by atoms with van der Waals surface area (Å²) in [7, 11) is 0. The highest BCUT2D eigenvalue weighted by atomic mass is 35.5. The average Bonchev–Trinajstić information content (AvgIpc) is 2.70. The highest BCUT2D eigenvalue weighted by molar-refractivity contribution is 6.30. The van der Waals surface area contributed by atoms with Crippen molar-refractivity contribution in [2.45, 2.75) is 6.10 Å². The fraction of sp³-hybridized carbons (Fsp3) is 0.158. The lowest BCUT2D eigenvalue weighted by Crippen LogP contribution is -2.51. The number of nitrogens with one attached hydrogen (secondary N) is 2. The molecule has 0 spiro atoms. The van der Waals surface area contributed by atoms with Gasteiger partial charge in [0.25, 0.3) is 11.8 Å². The Kier molecular flexibility index (Phi) is 4.60. The maximum atomic E-state index is 12.3. The first kappa shape index (κ1) is 17.2. The van der Waals surface area contributed by atoms with Crippen LogP contribution in [0.2, 0.25) is 5.02 Å². The molecular formula is C19H15ClN2O5. The Labute approximate surface area is 159 Å². The predicted molar refractivity (Wildman–Crippen MR) is 97.6 cm³/mol. The van der Waals surface area contributed by atoms with Crippen LogP contribution < -0.4 is 25.1 Å². The Morgan fingerprint density at radius 2 is 1.81 bits per heavy atom. The van der Waals surface area contributed by atoms with Crippen LogP contribution in [0.4, 0.5) is 0 Å². The lowest BCUT2D eigenvalue weighted by atomic mass is 10.1. The van der Waals surface area contributed by atoms with Crippen molar-refractivity contribution in [2.75, 3.05) is 13.2 Å². The zero-order valence-corrected chi connectivity index (χ0v) is 14.8. The molecule has 2 amide bonds. The van der Waals surface area contributed by atoms with Crippen molar-refractivity contribution in [3.8, 4) is 17.2 Å². The van der Waals surface area contributed by atoms with Gasteiger partial charge < -0.3 is 14.2 Å². The van der Waals surface area contributed by atoms with Crippen LogP contribution in [-0.2, 0) is 9.59 Å². The monoisotopic (exact) mass is 386 g/mol. The molecule has 2 aliphatic rings. The van der Waals surface area contributed by atoms with Crippen LogP contribution in [0, 0.1) is 0 Å². The molecule has 2 aliphatic heterocycles. The van der Waals surface area contributed by atoms with E-state index in [2.05, 4.69) is 10.9 Å². The molecule has 8 heteroatoms. The Morgan fingerprint density at radius 3 is 2.67 bits per heavy atom. The van der Waals surface area contributed by atoms with E-state index in [9.17, 15) is 9.59 Å². The van der Waals surface area contributed by atoms with Crippen LogP contribution in [0.3, 0.4) is 0 Å². The lowest BCUT2D eigenvalue weighted by molar-refractivity contribution is -0.134. The topological polar surface area (TPSA) is 85.9 Å².